The maximum atomic E-state index is 15.4. The molecule has 50 heavy (non-hydrogen) atoms. The van der Waals surface area contributed by atoms with Crippen molar-refractivity contribution in [2.75, 3.05) is 11.5 Å². The third-order valence-electron chi connectivity index (χ3n) is 14.5. The average Bonchev–Trinajstić information content (AvgIpc) is 3.35. The second-order valence-electron chi connectivity index (χ2n) is 18.1. The van der Waals surface area contributed by atoms with E-state index >= 15 is 35.1 Å². The summed E-state index contributed by atoms with van der Waals surface area (Å²) in [6.07, 6.45) is 2.63. The van der Waals surface area contributed by atoms with Crippen molar-refractivity contribution in [3.8, 4) is 0 Å². The van der Waals surface area contributed by atoms with E-state index in [0.29, 0.717) is 60.5 Å². The topological polar surface area (TPSA) is 61.3 Å². The molecule has 0 amide bonds. The maximum absolute atomic E-state index is 15.4. The number of fused-ring (bicyclic) bond motifs is 5. The van der Waals surface area contributed by atoms with Gasteiger partial charge in [-0.2, -0.15) is 35.1 Å². The van der Waals surface area contributed by atoms with Crippen LogP contribution in [0.1, 0.15) is 125 Å². The number of halogens is 8. The zero-order chi connectivity index (χ0) is 37.5. The SMILES string of the molecule is CC(C)CCCC(C)[C@H]1CC[C@H]2[C@@H]3CCC4C(C)(C)C(OC(F)(F)C(F)(F)C(F)(F)C(F)(F)c5cc(N)cc(N)c5)CC[C@]4(C)[C@H]3CC[C@]12C. The molecule has 0 spiro atoms. The Kier molecular flexibility index (Phi) is 10.2. The lowest BCUT2D eigenvalue weighted by Gasteiger charge is -2.65. The first-order chi connectivity index (χ1) is 22.8. The molecular weight excluding hydrogens is 664 g/mol. The van der Waals surface area contributed by atoms with Gasteiger partial charge < -0.3 is 16.2 Å². The zero-order valence-corrected chi connectivity index (χ0v) is 30.7. The van der Waals surface area contributed by atoms with Gasteiger partial charge in [-0.05, 0) is 127 Å². The summed E-state index contributed by atoms with van der Waals surface area (Å²) < 4.78 is 126. The molecule has 9 atom stereocenters. The van der Waals surface area contributed by atoms with Crippen molar-refractivity contribution < 1.29 is 39.9 Å². The molecule has 0 aliphatic heterocycles. The van der Waals surface area contributed by atoms with Crippen LogP contribution in [0.2, 0.25) is 0 Å². The fraction of sp³-hybridized carbons (Fsp3) is 0.846. The molecule has 1 aromatic rings. The predicted octanol–water partition coefficient (Wildman–Crippen LogP) is 11.9. The number of rotatable bonds is 11. The van der Waals surface area contributed by atoms with Gasteiger partial charge in [-0.15, -0.1) is 0 Å². The van der Waals surface area contributed by atoms with Crippen LogP contribution in [-0.2, 0) is 10.7 Å². The van der Waals surface area contributed by atoms with Crippen LogP contribution in [0, 0.1) is 57.7 Å². The number of hydrogen-bond acceptors (Lipinski definition) is 3. The van der Waals surface area contributed by atoms with Crippen molar-refractivity contribution in [2.24, 2.45) is 57.7 Å². The van der Waals surface area contributed by atoms with E-state index in [9.17, 15) is 0 Å². The first-order valence-electron chi connectivity index (χ1n) is 18.7. The Morgan fingerprint density at radius 3 is 1.90 bits per heavy atom. The molecule has 4 saturated carbocycles. The second kappa shape index (κ2) is 13.0. The summed E-state index contributed by atoms with van der Waals surface area (Å²) in [6.45, 7) is 15.0. The van der Waals surface area contributed by atoms with Crippen LogP contribution < -0.4 is 11.5 Å². The summed E-state index contributed by atoms with van der Waals surface area (Å²) in [5, 5.41) is 0. The van der Waals surface area contributed by atoms with E-state index in [-0.39, 0.29) is 23.2 Å². The molecule has 3 nitrogen and oxygen atoms in total. The Morgan fingerprint density at radius 1 is 0.720 bits per heavy atom. The third kappa shape index (κ3) is 6.13. The van der Waals surface area contributed by atoms with E-state index in [4.69, 9.17) is 11.5 Å². The summed E-state index contributed by atoms with van der Waals surface area (Å²) in [5.74, 6) is -15.7. The molecule has 0 radical (unpaired) electrons. The molecule has 4 aliphatic rings. The molecule has 3 unspecified atom stereocenters. The van der Waals surface area contributed by atoms with Gasteiger partial charge in [-0.3, -0.25) is 0 Å². The molecule has 4 fully saturated rings. The largest absolute Gasteiger partial charge is 0.426 e. The molecule has 0 aromatic heterocycles. The van der Waals surface area contributed by atoms with Crippen molar-refractivity contribution in [3.05, 3.63) is 23.8 Å². The fourth-order valence-electron chi connectivity index (χ4n) is 12.0. The van der Waals surface area contributed by atoms with Gasteiger partial charge in [0.2, 0.25) is 0 Å². The summed E-state index contributed by atoms with van der Waals surface area (Å²) in [7, 11) is 0. The summed E-state index contributed by atoms with van der Waals surface area (Å²) in [5.41, 5.74) is 6.96. The standard InChI is InChI=1S/C39H58F8N2O/c1-22(2)9-8-10-23(3)28-12-13-29-27-11-14-31-33(4,5)32(16-18-35(31,7)30(27)15-17-34(28,29)6)50-39(46,47)38(44,45)37(42,43)36(40,41)24-19-25(48)21-26(49)20-24/h19-23,27-32H,8-18,48-49H2,1-7H3/t23?,27-,28+,29-,30-,31?,32?,34+,35+/m0/s1. The van der Waals surface area contributed by atoms with Crippen molar-refractivity contribution >= 4 is 11.4 Å². The Labute approximate surface area is 293 Å². The highest BCUT2D eigenvalue weighted by Gasteiger charge is 2.82. The van der Waals surface area contributed by atoms with E-state index in [2.05, 4.69) is 39.4 Å². The van der Waals surface area contributed by atoms with E-state index < -0.39 is 52.3 Å². The van der Waals surface area contributed by atoms with Gasteiger partial charge in [0.05, 0.1) is 6.10 Å². The molecule has 286 valence electrons. The normalized spacial score (nSPS) is 35.4. The van der Waals surface area contributed by atoms with Crippen LogP contribution in [-0.4, -0.2) is 24.1 Å². The Hall–Kier alpha value is -1.78. The van der Waals surface area contributed by atoms with Gasteiger partial charge in [0, 0.05) is 16.9 Å². The molecule has 4 N–H and O–H groups in total. The number of ether oxygens (including phenoxy) is 1. The van der Waals surface area contributed by atoms with Crippen LogP contribution in [0.25, 0.3) is 0 Å². The van der Waals surface area contributed by atoms with Crippen molar-refractivity contribution in [3.63, 3.8) is 0 Å². The molecule has 5 rings (SSSR count). The van der Waals surface area contributed by atoms with Crippen molar-refractivity contribution in [2.45, 2.75) is 149 Å². The van der Waals surface area contributed by atoms with E-state index in [1.165, 1.54) is 32.1 Å². The molecular formula is C39H58F8N2O. The lowest BCUT2D eigenvalue weighted by atomic mass is 9.41. The molecule has 0 heterocycles. The van der Waals surface area contributed by atoms with Crippen LogP contribution in [0.5, 0.6) is 0 Å². The predicted molar refractivity (Wildman–Crippen MR) is 181 cm³/mol. The quantitative estimate of drug-likeness (QED) is 0.177. The van der Waals surface area contributed by atoms with Crippen LogP contribution in [0.3, 0.4) is 0 Å². The minimum absolute atomic E-state index is 0.0694. The van der Waals surface area contributed by atoms with Crippen molar-refractivity contribution in [1.29, 1.82) is 0 Å². The highest BCUT2D eigenvalue weighted by atomic mass is 19.4. The maximum Gasteiger partial charge on any atom is 0.426 e. The van der Waals surface area contributed by atoms with Gasteiger partial charge in [-0.1, -0.05) is 67.7 Å². The summed E-state index contributed by atoms with van der Waals surface area (Å²) in [4.78, 5) is 0. The molecule has 0 bridgehead atoms. The lowest BCUT2D eigenvalue weighted by Crippen LogP contribution is -2.65. The smallest absolute Gasteiger partial charge is 0.399 e. The van der Waals surface area contributed by atoms with Crippen LogP contribution in [0.4, 0.5) is 46.5 Å². The number of nitrogens with two attached hydrogens (primary N) is 2. The number of nitrogen functional groups attached to an aromatic ring is 2. The summed E-state index contributed by atoms with van der Waals surface area (Å²) in [6, 6.07) is 1.58. The minimum Gasteiger partial charge on any atom is -0.399 e. The number of anilines is 2. The first kappa shape index (κ1) is 39.4. The third-order valence-corrected chi connectivity index (χ3v) is 14.5. The van der Waals surface area contributed by atoms with Gasteiger partial charge in [-0.25, -0.2) is 0 Å². The van der Waals surface area contributed by atoms with Gasteiger partial charge in [0.25, 0.3) is 0 Å². The summed E-state index contributed by atoms with van der Waals surface area (Å²) >= 11 is 0. The first-order valence-corrected chi connectivity index (χ1v) is 18.7. The Bertz CT molecular complexity index is 1360. The average molecular weight is 723 g/mol. The molecule has 1 aromatic carbocycles. The molecule has 4 aliphatic carbocycles. The lowest BCUT2D eigenvalue weighted by molar-refractivity contribution is -0.444. The fourth-order valence-corrected chi connectivity index (χ4v) is 12.0. The zero-order valence-electron chi connectivity index (χ0n) is 30.7. The van der Waals surface area contributed by atoms with E-state index in [1.807, 2.05) is 0 Å². The minimum atomic E-state index is -6.57. The Morgan fingerprint density at radius 2 is 1.30 bits per heavy atom. The second-order valence-corrected chi connectivity index (χ2v) is 18.1. The highest BCUT2D eigenvalue weighted by Crippen LogP contribution is 2.71. The molecule has 11 heteroatoms. The van der Waals surface area contributed by atoms with E-state index in [1.54, 1.807) is 13.8 Å². The number of hydrogen-bond donors (Lipinski definition) is 2. The monoisotopic (exact) mass is 722 g/mol. The Balaban J connectivity index is 1.33. The van der Waals surface area contributed by atoms with Crippen molar-refractivity contribution in [1.82, 2.24) is 0 Å². The van der Waals surface area contributed by atoms with Gasteiger partial charge >= 0.3 is 23.9 Å². The number of benzene rings is 1. The molecule has 0 saturated heterocycles. The van der Waals surface area contributed by atoms with Gasteiger partial charge in [0.15, 0.2) is 0 Å². The van der Waals surface area contributed by atoms with Crippen LogP contribution >= 0.6 is 0 Å². The van der Waals surface area contributed by atoms with E-state index in [0.717, 1.165) is 25.3 Å². The van der Waals surface area contributed by atoms with Crippen LogP contribution in [0.15, 0.2) is 18.2 Å². The van der Waals surface area contributed by atoms with Gasteiger partial charge in [0.1, 0.15) is 0 Å². The number of alkyl halides is 8. The highest BCUT2D eigenvalue weighted by molar-refractivity contribution is 5.55.